The van der Waals surface area contributed by atoms with Crippen LogP contribution >= 0.6 is 0 Å². The van der Waals surface area contributed by atoms with Crippen LogP contribution in [0.1, 0.15) is 37.5 Å². The molecule has 1 saturated carbocycles. The van der Waals surface area contributed by atoms with Crippen LogP contribution in [0.5, 0.6) is 0 Å². The van der Waals surface area contributed by atoms with Gasteiger partial charge < -0.3 is 5.11 Å². The Balaban J connectivity index is 1.88. The second-order valence-electron chi connectivity index (χ2n) is 3.94. The molecule has 2 nitrogen and oxygen atoms in total. The highest BCUT2D eigenvalue weighted by molar-refractivity contribution is 5.07. The summed E-state index contributed by atoms with van der Waals surface area (Å²) in [5, 5.41) is 9.70. The first-order valence-electron chi connectivity index (χ1n) is 5.05. The predicted octanol–water partition coefficient (Wildman–Crippen LogP) is 2.44. The van der Waals surface area contributed by atoms with Crippen LogP contribution in [0.3, 0.4) is 0 Å². The van der Waals surface area contributed by atoms with Crippen molar-refractivity contribution in [2.45, 2.75) is 31.8 Å². The lowest BCUT2D eigenvalue weighted by Crippen LogP contribution is -2.00. The van der Waals surface area contributed by atoms with E-state index in [4.69, 9.17) is 0 Å². The lowest BCUT2D eigenvalue weighted by molar-refractivity contribution is 0.157. The van der Waals surface area contributed by atoms with E-state index in [1.807, 2.05) is 0 Å². The number of halogens is 1. The van der Waals surface area contributed by atoms with Crippen LogP contribution in [0.4, 0.5) is 4.39 Å². The minimum atomic E-state index is -0.531. The molecular formula is C11H14FNO. The van der Waals surface area contributed by atoms with Crippen molar-refractivity contribution in [3.05, 3.63) is 29.8 Å². The van der Waals surface area contributed by atoms with Gasteiger partial charge in [0.1, 0.15) is 5.82 Å². The smallest absolute Gasteiger partial charge is 0.141 e. The van der Waals surface area contributed by atoms with Crippen LogP contribution < -0.4 is 0 Å². The third-order valence-electron chi connectivity index (χ3n) is 2.64. The fourth-order valence-electron chi connectivity index (χ4n) is 1.53. The maximum Gasteiger partial charge on any atom is 0.141 e. The fraction of sp³-hybridized carbons (Fsp3) is 0.545. The number of hydrogen-bond acceptors (Lipinski definition) is 2. The second-order valence-corrected chi connectivity index (χ2v) is 3.94. The summed E-state index contributed by atoms with van der Waals surface area (Å²) in [6, 6.07) is 2.88. The zero-order valence-corrected chi connectivity index (χ0v) is 7.99. The van der Waals surface area contributed by atoms with Crippen molar-refractivity contribution in [1.82, 2.24) is 4.98 Å². The fourth-order valence-corrected chi connectivity index (χ4v) is 1.53. The minimum absolute atomic E-state index is 0.358. The number of pyridine rings is 1. The molecule has 1 aromatic rings. The summed E-state index contributed by atoms with van der Waals surface area (Å²) in [5.41, 5.74) is 0.576. The van der Waals surface area contributed by atoms with E-state index in [2.05, 4.69) is 4.98 Å². The Morgan fingerprint density at radius 2 is 2.29 bits per heavy atom. The molecule has 1 atom stereocenters. The van der Waals surface area contributed by atoms with Crippen LogP contribution in [-0.4, -0.2) is 10.1 Å². The summed E-state index contributed by atoms with van der Waals surface area (Å²) in [6.45, 7) is 0. The summed E-state index contributed by atoms with van der Waals surface area (Å²) >= 11 is 0. The maximum absolute atomic E-state index is 12.5. The SMILES string of the molecule is OC(CCC1CC1)c1ccc(F)cn1. The van der Waals surface area contributed by atoms with Gasteiger partial charge in [0.05, 0.1) is 18.0 Å². The summed E-state index contributed by atoms with van der Waals surface area (Å²) in [4.78, 5) is 3.85. The van der Waals surface area contributed by atoms with Gasteiger partial charge in [-0.15, -0.1) is 0 Å². The molecule has 1 aliphatic rings. The van der Waals surface area contributed by atoms with Crippen molar-refractivity contribution >= 4 is 0 Å². The van der Waals surface area contributed by atoms with Gasteiger partial charge in [-0.25, -0.2) is 4.39 Å². The largest absolute Gasteiger partial charge is 0.387 e. The molecule has 1 heterocycles. The van der Waals surface area contributed by atoms with Crippen molar-refractivity contribution < 1.29 is 9.50 Å². The summed E-state index contributed by atoms with van der Waals surface area (Å²) in [5.74, 6) is 0.452. The van der Waals surface area contributed by atoms with Crippen LogP contribution in [0.25, 0.3) is 0 Å². The Bertz CT molecular complexity index is 295. The number of nitrogens with zero attached hydrogens (tertiary/aromatic N) is 1. The number of aliphatic hydroxyl groups is 1. The molecule has 0 bridgehead atoms. The molecule has 0 saturated heterocycles. The van der Waals surface area contributed by atoms with E-state index in [-0.39, 0.29) is 5.82 Å². The van der Waals surface area contributed by atoms with Crippen LogP contribution in [-0.2, 0) is 0 Å². The van der Waals surface area contributed by atoms with Gasteiger partial charge in [-0.3, -0.25) is 4.98 Å². The van der Waals surface area contributed by atoms with Gasteiger partial charge in [0, 0.05) is 0 Å². The third kappa shape index (κ3) is 2.51. The van der Waals surface area contributed by atoms with Crippen LogP contribution in [0.15, 0.2) is 18.3 Å². The molecule has 1 N–H and O–H groups in total. The molecule has 0 aromatic carbocycles. The first-order valence-corrected chi connectivity index (χ1v) is 5.05. The van der Waals surface area contributed by atoms with Crippen molar-refractivity contribution in [1.29, 1.82) is 0 Å². The molecule has 0 radical (unpaired) electrons. The van der Waals surface area contributed by atoms with E-state index in [1.54, 1.807) is 6.07 Å². The van der Waals surface area contributed by atoms with Gasteiger partial charge in [0.25, 0.3) is 0 Å². The molecule has 1 fully saturated rings. The topological polar surface area (TPSA) is 33.1 Å². The van der Waals surface area contributed by atoms with Gasteiger partial charge in [0.2, 0.25) is 0 Å². The quantitative estimate of drug-likeness (QED) is 0.800. The van der Waals surface area contributed by atoms with Crippen molar-refractivity contribution in [2.75, 3.05) is 0 Å². The first kappa shape index (κ1) is 9.59. The van der Waals surface area contributed by atoms with E-state index in [1.165, 1.54) is 18.9 Å². The number of aromatic nitrogens is 1. The zero-order valence-electron chi connectivity index (χ0n) is 7.99. The maximum atomic E-state index is 12.5. The molecule has 1 unspecified atom stereocenters. The number of rotatable bonds is 4. The number of aliphatic hydroxyl groups excluding tert-OH is 1. The second kappa shape index (κ2) is 4.05. The van der Waals surface area contributed by atoms with E-state index in [0.29, 0.717) is 5.69 Å². The van der Waals surface area contributed by atoms with E-state index >= 15 is 0 Å². The number of hydrogen-bond donors (Lipinski definition) is 1. The highest BCUT2D eigenvalue weighted by Gasteiger charge is 2.22. The average Bonchev–Trinajstić information content (AvgIpc) is 2.99. The third-order valence-corrected chi connectivity index (χ3v) is 2.64. The van der Waals surface area contributed by atoms with Crippen molar-refractivity contribution in [2.24, 2.45) is 5.92 Å². The van der Waals surface area contributed by atoms with E-state index < -0.39 is 6.10 Å². The molecule has 3 heteroatoms. The van der Waals surface area contributed by atoms with Crippen LogP contribution in [0.2, 0.25) is 0 Å². The minimum Gasteiger partial charge on any atom is -0.387 e. The molecule has 1 aromatic heterocycles. The monoisotopic (exact) mass is 195 g/mol. The van der Waals surface area contributed by atoms with E-state index in [0.717, 1.165) is 25.0 Å². The predicted molar refractivity (Wildman–Crippen MR) is 51.1 cm³/mol. The van der Waals surface area contributed by atoms with Crippen molar-refractivity contribution in [3.8, 4) is 0 Å². The Hall–Kier alpha value is -0.960. The van der Waals surface area contributed by atoms with Crippen molar-refractivity contribution in [3.63, 3.8) is 0 Å². The van der Waals surface area contributed by atoms with Gasteiger partial charge in [-0.05, 0) is 30.9 Å². The molecule has 0 aliphatic heterocycles. The highest BCUT2D eigenvalue weighted by Crippen LogP contribution is 2.35. The summed E-state index contributed by atoms with van der Waals surface area (Å²) in [6.07, 6.45) is 5.00. The van der Waals surface area contributed by atoms with Gasteiger partial charge in [0.15, 0.2) is 0 Å². The van der Waals surface area contributed by atoms with Crippen LogP contribution in [0, 0.1) is 11.7 Å². The molecule has 0 amide bonds. The Labute approximate surface area is 82.8 Å². The van der Waals surface area contributed by atoms with Gasteiger partial charge >= 0.3 is 0 Å². The zero-order chi connectivity index (χ0) is 9.97. The summed E-state index contributed by atoms with van der Waals surface area (Å²) in [7, 11) is 0. The standard InChI is InChI=1S/C11H14FNO/c12-9-4-5-10(13-7-9)11(14)6-3-8-1-2-8/h4-5,7-8,11,14H,1-3,6H2. The lowest BCUT2D eigenvalue weighted by Gasteiger charge is -2.08. The molecule has 2 rings (SSSR count). The normalized spacial score (nSPS) is 18.1. The molecule has 14 heavy (non-hydrogen) atoms. The summed E-state index contributed by atoms with van der Waals surface area (Å²) < 4.78 is 12.5. The molecular weight excluding hydrogens is 181 g/mol. The molecule has 0 spiro atoms. The van der Waals surface area contributed by atoms with Gasteiger partial charge in [-0.2, -0.15) is 0 Å². The Kier molecular flexibility index (Phi) is 2.77. The average molecular weight is 195 g/mol. The highest BCUT2D eigenvalue weighted by atomic mass is 19.1. The first-order chi connectivity index (χ1) is 6.75. The Morgan fingerprint density at radius 3 is 2.86 bits per heavy atom. The van der Waals surface area contributed by atoms with E-state index in [9.17, 15) is 9.50 Å². The molecule has 76 valence electrons. The molecule has 1 aliphatic carbocycles. The van der Waals surface area contributed by atoms with Gasteiger partial charge in [-0.1, -0.05) is 12.8 Å². The lowest BCUT2D eigenvalue weighted by atomic mass is 10.1. The Morgan fingerprint density at radius 1 is 1.50 bits per heavy atom.